The van der Waals surface area contributed by atoms with Crippen molar-refractivity contribution < 1.29 is 4.79 Å². The number of rotatable bonds is 6. The van der Waals surface area contributed by atoms with Gasteiger partial charge in [0.15, 0.2) is 0 Å². The normalized spacial score (nSPS) is 18.1. The summed E-state index contributed by atoms with van der Waals surface area (Å²) in [5.41, 5.74) is 1.21. The van der Waals surface area contributed by atoms with E-state index in [0.717, 1.165) is 25.2 Å². The molecular weight excluding hydrogens is 222 g/mol. The number of hydrogen-bond acceptors (Lipinski definition) is 1. The number of allylic oxidation sites excluding steroid dienone is 1. The van der Waals surface area contributed by atoms with Crippen LogP contribution in [0.5, 0.6) is 0 Å². The van der Waals surface area contributed by atoms with E-state index in [1.807, 2.05) is 0 Å². The molecule has 18 heavy (non-hydrogen) atoms. The van der Waals surface area contributed by atoms with Crippen molar-refractivity contribution in [2.24, 2.45) is 5.92 Å². The molecule has 0 atom stereocenters. The monoisotopic (exact) mass is 251 g/mol. The van der Waals surface area contributed by atoms with Gasteiger partial charge in [0, 0.05) is 12.1 Å². The molecule has 1 fully saturated rings. The van der Waals surface area contributed by atoms with E-state index >= 15 is 0 Å². The van der Waals surface area contributed by atoms with Crippen LogP contribution in [0.1, 0.15) is 72.1 Å². The molecule has 0 aromatic heterocycles. The van der Waals surface area contributed by atoms with E-state index in [9.17, 15) is 4.79 Å². The molecule has 0 aromatic rings. The van der Waals surface area contributed by atoms with Gasteiger partial charge in [-0.1, -0.05) is 45.1 Å². The van der Waals surface area contributed by atoms with Gasteiger partial charge in [-0.05, 0) is 38.5 Å². The molecule has 1 aliphatic carbocycles. The number of hydrogen-bond donors (Lipinski definition) is 1. The second-order valence-corrected chi connectivity index (χ2v) is 6.12. The third kappa shape index (κ3) is 6.83. The van der Waals surface area contributed by atoms with Crippen molar-refractivity contribution in [2.75, 3.05) is 0 Å². The fourth-order valence-electron chi connectivity index (χ4n) is 2.57. The Balaban J connectivity index is 2.23. The topological polar surface area (TPSA) is 29.1 Å². The molecule has 1 N–H and O–H groups in total. The molecule has 1 amide bonds. The summed E-state index contributed by atoms with van der Waals surface area (Å²) in [6.45, 7) is 6.56. The summed E-state index contributed by atoms with van der Waals surface area (Å²) >= 11 is 0. The van der Waals surface area contributed by atoms with Crippen molar-refractivity contribution >= 4 is 5.91 Å². The zero-order valence-corrected chi connectivity index (χ0v) is 12.3. The fourth-order valence-corrected chi connectivity index (χ4v) is 2.57. The lowest BCUT2D eigenvalue weighted by Crippen LogP contribution is -2.35. The van der Waals surface area contributed by atoms with E-state index in [1.165, 1.54) is 37.7 Å². The highest BCUT2D eigenvalue weighted by Crippen LogP contribution is 2.17. The largest absolute Gasteiger partial charge is 0.350 e. The third-order valence-corrected chi connectivity index (χ3v) is 3.68. The highest BCUT2D eigenvalue weighted by molar-refractivity contribution is 5.88. The molecule has 1 rings (SSSR count). The maximum atomic E-state index is 11.8. The Morgan fingerprint density at radius 3 is 2.56 bits per heavy atom. The Labute approximate surface area is 112 Å². The van der Waals surface area contributed by atoms with E-state index in [0.29, 0.717) is 6.04 Å². The molecule has 0 aliphatic heterocycles. The van der Waals surface area contributed by atoms with Crippen LogP contribution >= 0.6 is 0 Å². The van der Waals surface area contributed by atoms with Crippen LogP contribution in [0.25, 0.3) is 0 Å². The van der Waals surface area contributed by atoms with E-state index < -0.39 is 0 Å². The van der Waals surface area contributed by atoms with Gasteiger partial charge in [0.25, 0.3) is 0 Å². The van der Waals surface area contributed by atoms with Crippen LogP contribution in [0.15, 0.2) is 11.6 Å². The Hall–Kier alpha value is -0.790. The first kappa shape index (κ1) is 15.3. The van der Waals surface area contributed by atoms with E-state index in [-0.39, 0.29) is 5.91 Å². The zero-order chi connectivity index (χ0) is 13.4. The molecule has 0 heterocycles. The molecule has 0 saturated heterocycles. The van der Waals surface area contributed by atoms with Crippen LogP contribution in [0.2, 0.25) is 0 Å². The van der Waals surface area contributed by atoms with Crippen LogP contribution in [-0.4, -0.2) is 11.9 Å². The molecule has 104 valence electrons. The maximum Gasteiger partial charge on any atom is 0.244 e. The molecule has 1 aliphatic rings. The summed E-state index contributed by atoms with van der Waals surface area (Å²) < 4.78 is 0. The minimum atomic E-state index is 0.115. The number of nitrogens with one attached hydrogen (secondary N) is 1. The standard InChI is InChI=1S/C16H29NO/c1-13(2)8-7-9-14(3)12-16(18)17-15-10-5-4-6-11-15/h12-13,15H,4-11H2,1-3H3,(H,17,18). The SMILES string of the molecule is CC(=CC(=O)NC1CCCCC1)CCCC(C)C. The second kappa shape index (κ2) is 8.34. The zero-order valence-electron chi connectivity index (χ0n) is 12.3. The molecule has 0 radical (unpaired) electrons. The summed E-state index contributed by atoms with van der Waals surface area (Å²) in [6, 6.07) is 0.422. The van der Waals surface area contributed by atoms with E-state index in [1.54, 1.807) is 6.08 Å². The van der Waals surface area contributed by atoms with Gasteiger partial charge in [0.05, 0.1) is 0 Å². The van der Waals surface area contributed by atoms with Gasteiger partial charge < -0.3 is 5.32 Å². The highest BCUT2D eigenvalue weighted by atomic mass is 16.1. The van der Waals surface area contributed by atoms with Crippen LogP contribution < -0.4 is 5.32 Å². The van der Waals surface area contributed by atoms with Crippen LogP contribution in [0.4, 0.5) is 0 Å². The average molecular weight is 251 g/mol. The molecule has 0 spiro atoms. The van der Waals surface area contributed by atoms with Crippen molar-refractivity contribution in [1.82, 2.24) is 5.32 Å². The number of carbonyl (C=O) groups excluding carboxylic acids is 1. The Morgan fingerprint density at radius 2 is 1.94 bits per heavy atom. The van der Waals surface area contributed by atoms with Gasteiger partial charge in [-0.2, -0.15) is 0 Å². The fraction of sp³-hybridized carbons (Fsp3) is 0.812. The first-order valence-corrected chi connectivity index (χ1v) is 7.55. The quantitative estimate of drug-likeness (QED) is 0.704. The van der Waals surface area contributed by atoms with Crippen LogP contribution in [0.3, 0.4) is 0 Å². The van der Waals surface area contributed by atoms with Gasteiger partial charge in [-0.3, -0.25) is 4.79 Å². The lowest BCUT2D eigenvalue weighted by Gasteiger charge is -2.22. The first-order chi connectivity index (χ1) is 8.58. The predicted octanol–water partition coefficient (Wildman–Crippen LogP) is 4.21. The maximum absolute atomic E-state index is 11.8. The van der Waals surface area contributed by atoms with E-state index in [2.05, 4.69) is 26.1 Å². The Kier molecular flexibility index (Phi) is 7.07. The second-order valence-electron chi connectivity index (χ2n) is 6.12. The first-order valence-electron chi connectivity index (χ1n) is 7.55. The molecule has 2 heteroatoms. The van der Waals surface area contributed by atoms with Crippen molar-refractivity contribution in [1.29, 1.82) is 0 Å². The molecule has 0 aromatic carbocycles. The summed E-state index contributed by atoms with van der Waals surface area (Å²) in [5, 5.41) is 3.13. The van der Waals surface area contributed by atoms with Gasteiger partial charge >= 0.3 is 0 Å². The van der Waals surface area contributed by atoms with Crippen molar-refractivity contribution in [3.05, 3.63) is 11.6 Å². The lowest BCUT2D eigenvalue weighted by atomic mass is 9.95. The van der Waals surface area contributed by atoms with Crippen molar-refractivity contribution in [2.45, 2.75) is 78.2 Å². The molecule has 2 nitrogen and oxygen atoms in total. The van der Waals surface area contributed by atoms with Gasteiger partial charge in [0.2, 0.25) is 5.91 Å². The van der Waals surface area contributed by atoms with Gasteiger partial charge in [0.1, 0.15) is 0 Å². The van der Waals surface area contributed by atoms with Crippen molar-refractivity contribution in [3.8, 4) is 0 Å². The number of amides is 1. The third-order valence-electron chi connectivity index (χ3n) is 3.68. The summed E-state index contributed by atoms with van der Waals surface area (Å²) in [5.74, 6) is 0.873. The highest BCUT2D eigenvalue weighted by Gasteiger charge is 2.14. The van der Waals surface area contributed by atoms with Gasteiger partial charge in [-0.25, -0.2) is 0 Å². The Bertz CT molecular complexity index is 275. The summed E-state index contributed by atoms with van der Waals surface area (Å²) in [4.78, 5) is 11.8. The predicted molar refractivity (Wildman–Crippen MR) is 77.5 cm³/mol. The molecular formula is C16H29NO. The van der Waals surface area contributed by atoms with Crippen LogP contribution in [0, 0.1) is 5.92 Å². The Morgan fingerprint density at radius 1 is 1.28 bits per heavy atom. The molecule has 0 unspecified atom stereocenters. The van der Waals surface area contributed by atoms with Crippen molar-refractivity contribution in [3.63, 3.8) is 0 Å². The minimum Gasteiger partial charge on any atom is -0.350 e. The average Bonchev–Trinajstić information content (AvgIpc) is 2.29. The summed E-state index contributed by atoms with van der Waals surface area (Å²) in [7, 11) is 0. The van der Waals surface area contributed by atoms with Crippen LogP contribution in [-0.2, 0) is 4.79 Å². The molecule has 1 saturated carbocycles. The smallest absolute Gasteiger partial charge is 0.244 e. The van der Waals surface area contributed by atoms with E-state index in [4.69, 9.17) is 0 Å². The van der Waals surface area contributed by atoms with Gasteiger partial charge in [-0.15, -0.1) is 0 Å². The summed E-state index contributed by atoms with van der Waals surface area (Å²) in [6.07, 6.45) is 11.5. The molecule has 0 bridgehead atoms. The lowest BCUT2D eigenvalue weighted by molar-refractivity contribution is -0.117. The minimum absolute atomic E-state index is 0.115. The number of carbonyl (C=O) groups is 1.